The third-order valence-electron chi connectivity index (χ3n) is 4.83. The number of anilines is 1. The molecular formula is C22H26Cl4F2N6O2. The molecule has 4 N–H and O–H groups in total. The zero-order valence-corrected chi connectivity index (χ0v) is 22.0. The largest absolute Gasteiger partial charge is 0.359 e. The van der Waals surface area contributed by atoms with Crippen molar-refractivity contribution in [1.29, 1.82) is 0 Å². The fraction of sp³-hybridized carbons (Fsp3) is 0.273. The Balaban J connectivity index is 0.00000408. The lowest BCUT2D eigenvalue weighted by atomic mass is 10.0. The second kappa shape index (κ2) is 15.6. The molecule has 0 aliphatic rings. The van der Waals surface area contributed by atoms with E-state index in [1.807, 2.05) is 24.3 Å². The summed E-state index contributed by atoms with van der Waals surface area (Å²) in [5.41, 5.74) is 6.30. The van der Waals surface area contributed by atoms with Crippen LogP contribution in [-0.2, 0) is 30.2 Å². The number of carbonyl (C=O) groups is 1. The lowest BCUT2D eigenvalue weighted by molar-refractivity contribution is -0.121. The number of halogens is 6. The molecule has 0 radical (unpaired) electrons. The van der Waals surface area contributed by atoms with Crippen LogP contribution >= 0.6 is 48.8 Å². The molecule has 3 aromatic rings. The van der Waals surface area contributed by atoms with Crippen LogP contribution in [-0.4, -0.2) is 33.5 Å². The van der Waals surface area contributed by atoms with Gasteiger partial charge < -0.3 is 16.4 Å². The van der Waals surface area contributed by atoms with Crippen molar-refractivity contribution in [3.05, 3.63) is 87.2 Å². The van der Waals surface area contributed by atoms with Gasteiger partial charge in [0.05, 0.1) is 12.7 Å². The van der Waals surface area contributed by atoms with Gasteiger partial charge in [-0.3, -0.25) is 19.1 Å². The number of carbonyl (C=O) groups excluding carboxylic acids is 1. The molecule has 0 fully saturated rings. The monoisotopic (exact) mass is 584 g/mol. The van der Waals surface area contributed by atoms with Gasteiger partial charge in [-0.1, -0.05) is 41.9 Å². The number of nitrogens with zero attached hydrogens (tertiary/aromatic N) is 3. The number of rotatable bonds is 10. The molecule has 8 nitrogen and oxygen atoms in total. The summed E-state index contributed by atoms with van der Waals surface area (Å²) in [6.45, 7) is -0.585. The van der Waals surface area contributed by atoms with Crippen LogP contribution < -0.4 is 21.9 Å². The predicted molar refractivity (Wildman–Crippen MR) is 143 cm³/mol. The molecule has 2 heterocycles. The Hall–Kier alpha value is -2.50. The molecule has 0 aliphatic heterocycles. The third kappa shape index (κ3) is 8.86. The first-order valence-corrected chi connectivity index (χ1v) is 10.5. The third-order valence-corrected chi connectivity index (χ3v) is 5.13. The SMILES string of the molecule is Cl.Cl.Cl.NCCc1ccccc1CNC(=O)Cn1c(Cl)cnc(NCC(F)(F)c2ccccn2)c1=O. The Morgan fingerprint density at radius 3 is 2.36 bits per heavy atom. The number of hydrogen-bond donors (Lipinski definition) is 3. The number of nitrogens with one attached hydrogen (secondary N) is 2. The molecule has 0 atom stereocenters. The number of amides is 1. The first-order chi connectivity index (χ1) is 15.8. The van der Waals surface area contributed by atoms with Gasteiger partial charge in [0.2, 0.25) is 5.91 Å². The van der Waals surface area contributed by atoms with Crippen molar-refractivity contribution in [3.63, 3.8) is 0 Å². The van der Waals surface area contributed by atoms with Crippen molar-refractivity contribution in [2.24, 2.45) is 5.73 Å². The standard InChI is InChI=1S/C22H23ClF2N6O2.3ClH/c23-18-12-29-20(30-14-22(24,25)17-7-3-4-10-27-17)21(33)31(18)13-19(32)28-11-16-6-2-1-5-15(16)8-9-26;;;/h1-7,10,12H,8-9,11,13-14,26H2,(H,28,32)(H,29,30);3*1H. The van der Waals surface area contributed by atoms with Crippen molar-refractivity contribution in [2.45, 2.75) is 25.4 Å². The van der Waals surface area contributed by atoms with Gasteiger partial charge >= 0.3 is 5.92 Å². The Morgan fingerprint density at radius 1 is 1.06 bits per heavy atom. The van der Waals surface area contributed by atoms with E-state index in [9.17, 15) is 18.4 Å². The normalized spacial score (nSPS) is 10.3. The van der Waals surface area contributed by atoms with Crippen LogP contribution in [0.15, 0.2) is 59.7 Å². The number of alkyl halides is 2. The van der Waals surface area contributed by atoms with E-state index in [4.69, 9.17) is 17.3 Å². The predicted octanol–water partition coefficient (Wildman–Crippen LogP) is 3.58. The summed E-state index contributed by atoms with van der Waals surface area (Å²) in [6.07, 6.45) is 3.04. The number of hydrogen-bond acceptors (Lipinski definition) is 6. The second-order valence-corrected chi connectivity index (χ2v) is 7.57. The number of aromatic nitrogens is 3. The van der Waals surface area contributed by atoms with Gasteiger partial charge in [0.25, 0.3) is 5.56 Å². The van der Waals surface area contributed by atoms with Gasteiger partial charge in [-0.05, 0) is 36.2 Å². The molecule has 14 heteroatoms. The molecule has 198 valence electrons. The minimum atomic E-state index is -3.34. The maximum atomic E-state index is 14.4. The van der Waals surface area contributed by atoms with E-state index in [0.717, 1.165) is 21.9 Å². The highest BCUT2D eigenvalue weighted by Gasteiger charge is 2.33. The quantitative estimate of drug-likeness (QED) is 0.335. The van der Waals surface area contributed by atoms with Crippen molar-refractivity contribution in [1.82, 2.24) is 19.9 Å². The molecule has 0 aliphatic carbocycles. The maximum absolute atomic E-state index is 14.4. The van der Waals surface area contributed by atoms with E-state index >= 15 is 0 Å². The summed E-state index contributed by atoms with van der Waals surface area (Å²) >= 11 is 6.04. The Kier molecular flexibility index (Phi) is 14.5. The lowest BCUT2D eigenvalue weighted by Gasteiger charge is -2.17. The maximum Gasteiger partial charge on any atom is 0.306 e. The van der Waals surface area contributed by atoms with Crippen LogP contribution in [0.3, 0.4) is 0 Å². The van der Waals surface area contributed by atoms with Gasteiger partial charge in [-0.25, -0.2) is 4.98 Å². The minimum absolute atomic E-state index is 0. The van der Waals surface area contributed by atoms with Crippen molar-refractivity contribution < 1.29 is 13.6 Å². The molecular weight excluding hydrogens is 560 g/mol. The molecule has 0 spiro atoms. The van der Waals surface area contributed by atoms with Gasteiger partial charge in [0.1, 0.15) is 17.4 Å². The van der Waals surface area contributed by atoms with Crippen molar-refractivity contribution >= 4 is 60.5 Å². The molecule has 36 heavy (non-hydrogen) atoms. The minimum Gasteiger partial charge on any atom is -0.359 e. The molecule has 0 saturated heterocycles. The number of pyridine rings is 1. The van der Waals surface area contributed by atoms with Crippen LogP contribution in [0.25, 0.3) is 0 Å². The fourth-order valence-corrected chi connectivity index (χ4v) is 3.31. The van der Waals surface area contributed by atoms with Crippen LogP contribution in [0.4, 0.5) is 14.6 Å². The van der Waals surface area contributed by atoms with E-state index in [0.29, 0.717) is 13.0 Å². The van der Waals surface area contributed by atoms with E-state index in [1.54, 1.807) is 0 Å². The molecule has 0 saturated carbocycles. The smallest absolute Gasteiger partial charge is 0.306 e. The van der Waals surface area contributed by atoms with Gasteiger partial charge in [0.15, 0.2) is 5.82 Å². The Labute approximate surface area is 230 Å². The van der Waals surface area contributed by atoms with Crippen LogP contribution in [0.1, 0.15) is 16.8 Å². The van der Waals surface area contributed by atoms with E-state index in [-0.39, 0.29) is 54.7 Å². The highest BCUT2D eigenvalue weighted by atomic mass is 35.5. The molecule has 0 unspecified atom stereocenters. The summed E-state index contributed by atoms with van der Waals surface area (Å²) in [4.78, 5) is 32.6. The Morgan fingerprint density at radius 2 is 1.72 bits per heavy atom. The molecule has 3 rings (SSSR count). The zero-order chi connectivity index (χ0) is 23.8. The Bertz CT molecular complexity index is 1170. The average molecular weight is 586 g/mol. The number of benzene rings is 1. The summed E-state index contributed by atoms with van der Waals surface area (Å²) in [5, 5.41) is 4.97. The topological polar surface area (TPSA) is 115 Å². The van der Waals surface area contributed by atoms with Crippen LogP contribution in [0.2, 0.25) is 5.15 Å². The summed E-state index contributed by atoms with van der Waals surface area (Å²) in [5.74, 6) is -4.16. The van der Waals surface area contributed by atoms with E-state index in [1.165, 1.54) is 24.4 Å². The molecule has 0 bridgehead atoms. The summed E-state index contributed by atoms with van der Waals surface area (Å²) in [7, 11) is 0. The first kappa shape index (κ1) is 33.5. The highest BCUT2D eigenvalue weighted by molar-refractivity contribution is 6.29. The summed E-state index contributed by atoms with van der Waals surface area (Å²) in [6, 6.07) is 11.7. The highest BCUT2D eigenvalue weighted by Crippen LogP contribution is 2.25. The van der Waals surface area contributed by atoms with Crippen LogP contribution in [0.5, 0.6) is 0 Å². The molecule has 2 aromatic heterocycles. The molecule has 1 amide bonds. The van der Waals surface area contributed by atoms with Gasteiger partial charge in [-0.2, -0.15) is 8.78 Å². The van der Waals surface area contributed by atoms with Crippen molar-refractivity contribution in [3.8, 4) is 0 Å². The second-order valence-electron chi connectivity index (χ2n) is 7.18. The fourth-order valence-electron chi connectivity index (χ4n) is 3.12. The zero-order valence-electron chi connectivity index (χ0n) is 18.8. The van der Waals surface area contributed by atoms with E-state index in [2.05, 4.69) is 20.6 Å². The summed E-state index contributed by atoms with van der Waals surface area (Å²) < 4.78 is 29.7. The van der Waals surface area contributed by atoms with Gasteiger partial charge in [-0.15, -0.1) is 37.2 Å². The number of nitrogens with two attached hydrogens (primary N) is 1. The van der Waals surface area contributed by atoms with Crippen molar-refractivity contribution in [2.75, 3.05) is 18.4 Å². The lowest BCUT2D eigenvalue weighted by Crippen LogP contribution is -2.35. The van der Waals surface area contributed by atoms with E-state index < -0.39 is 36.2 Å². The first-order valence-electron chi connectivity index (χ1n) is 10.1. The average Bonchev–Trinajstić information content (AvgIpc) is 2.81. The molecule has 1 aromatic carbocycles. The van der Waals surface area contributed by atoms with Crippen LogP contribution in [0, 0.1) is 0 Å². The van der Waals surface area contributed by atoms with Gasteiger partial charge in [0, 0.05) is 12.7 Å².